The number of sulfonamides is 1. The SMILES string of the molecule is CC(C)CS(=O)(=O)NC(C)C(N)=O.O=C(O)C(F)(F)F. The molecular weight excluding hydrogens is 305 g/mol. The van der Waals surface area contributed by atoms with Crippen LogP contribution in [0.3, 0.4) is 0 Å². The van der Waals surface area contributed by atoms with Crippen LogP contribution in [-0.4, -0.2) is 43.4 Å². The van der Waals surface area contributed by atoms with E-state index in [1.807, 2.05) is 0 Å². The first-order valence-electron chi connectivity index (χ1n) is 5.28. The van der Waals surface area contributed by atoms with E-state index in [0.717, 1.165) is 0 Å². The van der Waals surface area contributed by atoms with E-state index < -0.39 is 34.1 Å². The number of carboxylic acid groups (broad SMARTS) is 1. The molecule has 1 unspecified atom stereocenters. The van der Waals surface area contributed by atoms with Crippen LogP contribution in [0.1, 0.15) is 20.8 Å². The van der Waals surface area contributed by atoms with Crippen molar-refractivity contribution in [2.75, 3.05) is 5.75 Å². The fourth-order valence-corrected chi connectivity index (χ4v) is 2.44. The average Bonchev–Trinajstić information content (AvgIpc) is 2.13. The van der Waals surface area contributed by atoms with Gasteiger partial charge in [0.1, 0.15) is 0 Å². The molecule has 0 aliphatic carbocycles. The van der Waals surface area contributed by atoms with E-state index in [2.05, 4.69) is 4.72 Å². The van der Waals surface area contributed by atoms with Crippen LogP contribution in [0, 0.1) is 5.92 Å². The second-order valence-corrected chi connectivity index (χ2v) is 6.02. The highest BCUT2D eigenvalue weighted by Gasteiger charge is 2.38. The third-order valence-electron chi connectivity index (χ3n) is 1.58. The highest BCUT2D eigenvalue weighted by Crippen LogP contribution is 2.13. The number of carbonyl (C=O) groups is 2. The number of hydrogen-bond donors (Lipinski definition) is 3. The maximum Gasteiger partial charge on any atom is 0.490 e. The van der Waals surface area contributed by atoms with Crippen LogP contribution >= 0.6 is 0 Å². The van der Waals surface area contributed by atoms with Crippen molar-refractivity contribution in [3.05, 3.63) is 0 Å². The predicted octanol–water partition coefficient (Wildman–Crippen LogP) is 0.0689. The first-order valence-corrected chi connectivity index (χ1v) is 6.93. The smallest absolute Gasteiger partial charge is 0.475 e. The average molecular weight is 322 g/mol. The molecule has 0 aliphatic heterocycles. The molecule has 11 heteroatoms. The molecule has 0 aromatic rings. The van der Waals surface area contributed by atoms with Crippen LogP contribution in [0.15, 0.2) is 0 Å². The summed E-state index contributed by atoms with van der Waals surface area (Å²) in [5, 5.41) is 7.12. The summed E-state index contributed by atoms with van der Waals surface area (Å²) in [6.07, 6.45) is -5.08. The minimum atomic E-state index is -5.08. The molecule has 0 aromatic carbocycles. The molecule has 0 bridgehead atoms. The molecule has 7 nitrogen and oxygen atoms in total. The number of nitrogens with one attached hydrogen (secondary N) is 1. The Morgan fingerprint density at radius 1 is 1.25 bits per heavy atom. The maximum absolute atomic E-state index is 11.2. The van der Waals surface area contributed by atoms with E-state index in [-0.39, 0.29) is 11.7 Å². The number of rotatable bonds is 5. The lowest BCUT2D eigenvalue weighted by Gasteiger charge is -2.11. The molecule has 0 rings (SSSR count). The Hall–Kier alpha value is -1.36. The van der Waals surface area contributed by atoms with Gasteiger partial charge in [0.05, 0.1) is 11.8 Å². The highest BCUT2D eigenvalue weighted by atomic mass is 32.2. The summed E-state index contributed by atoms with van der Waals surface area (Å²) < 4.78 is 56.4. The van der Waals surface area contributed by atoms with Crippen molar-refractivity contribution in [1.29, 1.82) is 0 Å². The van der Waals surface area contributed by atoms with Crippen molar-refractivity contribution in [3.63, 3.8) is 0 Å². The third-order valence-corrected chi connectivity index (χ3v) is 3.40. The van der Waals surface area contributed by atoms with Gasteiger partial charge in [-0.25, -0.2) is 17.9 Å². The van der Waals surface area contributed by atoms with Gasteiger partial charge in [-0.05, 0) is 12.8 Å². The standard InChI is InChI=1S/C7H16N2O3S.C2HF3O2/c1-5(2)4-13(11,12)9-6(3)7(8)10;3-2(4,5)1(6)7/h5-6,9H,4H2,1-3H3,(H2,8,10);(H,6,7). The van der Waals surface area contributed by atoms with E-state index in [0.29, 0.717) is 0 Å². The van der Waals surface area contributed by atoms with E-state index in [4.69, 9.17) is 15.6 Å². The zero-order valence-electron chi connectivity index (χ0n) is 11.1. The van der Waals surface area contributed by atoms with Gasteiger partial charge < -0.3 is 10.8 Å². The van der Waals surface area contributed by atoms with Crippen LogP contribution in [0.4, 0.5) is 13.2 Å². The molecule has 0 spiro atoms. The van der Waals surface area contributed by atoms with Gasteiger partial charge in [0, 0.05) is 0 Å². The minimum Gasteiger partial charge on any atom is -0.475 e. The Labute approximate surface area is 114 Å². The Balaban J connectivity index is 0. The van der Waals surface area contributed by atoms with Crippen LogP contribution < -0.4 is 10.5 Å². The van der Waals surface area contributed by atoms with Crippen molar-refractivity contribution in [3.8, 4) is 0 Å². The fraction of sp³-hybridized carbons (Fsp3) is 0.778. The lowest BCUT2D eigenvalue weighted by molar-refractivity contribution is -0.192. The monoisotopic (exact) mass is 322 g/mol. The number of amides is 1. The number of nitrogens with two attached hydrogens (primary N) is 1. The molecule has 0 radical (unpaired) electrons. The molecule has 0 aliphatic rings. The van der Waals surface area contributed by atoms with Gasteiger partial charge in [0.15, 0.2) is 0 Å². The van der Waals surface area contributed by atoms with Gasteiger partial charge in [0.25, 0.3) is 0 Å². The van der Waals surface area contributed by atoms with Crippen molar-refractivity contribution >= 4 is 21.9 Å². The predicted molar refractivity (Wildman–Crippen MR) is 64.1 cm³/mol. The number of halogens is 3. The topological polar surface area (TPSA) is 127 Å². The van der Waals surface area contributed by atoms with Gasteiger partial charge in [-0.3, -0.25) is 4.79 Å². The van der Waals surface area contributed by atoms with Gasteiger partial charge in [-0.2, -0.15) is 13.2 Å². The van der Waals surface area contributed by atoms with E-state index in [1.54, 1.807) is 13.8 Å². The maximum atomic E-state index is 11.2. The summed E-state index contributed by atoms with van der Waals surface area (Å²) in [4.78, 5) is 19.5. The number of primary amides is 1. The molecular formula is C9H17F3N2O5S. The van der Waals surface area contributed by atoms with Crippen molar-refractivity contribution in [2.24, 2.45) is 11.7 Å². The molecule has 20 heavy (non-hydrogen) atoms. The van der Waals surface area contributed by atoms with Gasteiger partial charge in [-0.1, -0.05) is 13.8 Å². The number of carbonyl (C=O) groups excluding carboxylic acids is 1. The largest absolute Gasteiger partial charge is 0.490 e. The summed E-state index contributed by atoms with van der Waals surface area (Å²) in [7, 11) is -3.38. The van der Waals surface area contributed by atoms with E-state index >= 15 is 0 Å². The summed E-state index contributed by atoms with van der Waals surface area (Å²) in [5.74, 6) is -3.40. The molecule has 1 atom stereocenters. The lowest BCUT2D eigenvalue weighted by Crippen LogP contribution is -2.43. The van der Waals surface area contributed by atoms with Crippen LogP contribution in [0.2, 0.25) is 0 Å². The Morgan fingerprint density at radius 3 is 1.80 bits per heavy atom. The molecule has 0 heterocycles. The van der Waals surface area contributed by atoms with Crippen LogP contribution in [0.25, 0.3) is 0 Å². The molecule has 0 fully saturated rings. The van der Waals surface area contributed by atoms with E-state index in [9.17, 15) is 26.4 Å². The molecule has 1 amide bonds. The molecule has 0 aromatic heterocycles. The summed E-state index contributed by atoms with van der Waals surface area (Å²) in [6, 6.07) is -0.844. The summed E-state index contributed by atoms with van der Waals surface area (Å²) >= 11 is 0. The summed E-state index contributed by atoms with van der Waals surface area (Å²) in [6.45, 7) is 4.99. The van der Waals surface area contributed by atoms with Gasteiger partial charge in [0.2, 0.25) is 15.9 Å². The quantitative estimate of drug-likeness (QED) is 0.660. The molecule has 0 saturated heterocycles. The lowest BCUT2D eigenvalue weighted by atomic mass is 10.3. The van der Waals surface area contributed by atoms with Crippen LogP contribution in [0.5, 0.6) is 0 Å². The highest BCUT2D eigenvalue weighted by molar-refractivity contribution is 7.89. The molecule has 120 valence electrons. The van der Waals surface area contributed by atoms with Gasteiger partial charge in [-0.15, -0.1) is 0 Å². The minimum absolute atomic E-state index is 0.00458. The van der Waals surface area contributed by atoms with Crippen LogP contribution in [-0.2, 0) is 19.6 Å². The fourth-order valence-electron chi connectivity index (χ4n) is 0.814. The second kappa shape index (κ2) is 8.04. The normalized spacial score (nSPS) is 13.3. The van der Waals surface area contributed by atoms with Gasteiger partial charge >= 0.3 is 12.1 Å². The van der Waals surface area contributed by atoms with Crippen molar-refractivity contribution < 1.29 is 36.3 Å². The molecule has 0 saturated carbocycles. The number of carboxylic acids is 1. The zero-order chi connectivity index (χ0) is 16.7. The Kier molecular flexibility index (Phi) is 8.43. The molecule has 4 N–H and O–H groups in total. The summed E-state index contributed by atoms with van der Waals surface area (Å²) in [5.41, 5.74) is 4.91. The third kappa shape index (κ3) is 11.7. The van der Waals surface area contributed by atoms with Crippen molar-refractivity contribution in [1.82, 2.24) is 4.72 Å². The zero-order valence-corrected chi connectivity index (χ0v) is 11.9. The number of hydrogen-bond acceptors (Lipinski definition) is 4. The van der Waals surface area contributed by atoms with E-state index in [1.165, 1.54) is 6.92 Å². The first-order chi connectivity index (χ1) is 8.69. The number of alkyl halides is 3. The Morgan fingerprint density at radius 2 is 1.60 bits per heavy atom. The number of aliphatic carboxylic acids is 1. The first kappa shape index (κ1) is 20.9. The Bertz CT molecular complexity index is 433. The van der Waals surface area contributed by atoms with Crippen molar-refractivity contribution in [2.45, 2.75) is 33.0 Å². The second-order valence-electron chi connectivity index (χ2n) is 4.22.